The highest BCUT2D eigenvalue weighted by atomic mass is 32.1. The largest absolute Gasteiger partial charge is 0.416 e. The predicted molar refractivity (Wildman–Crippen MR) is 82.4 cm³/mol. The number of hydrogen-bond acceptors (Lipinski definition) is 4. The van der Waals surface area contributed by atoms with E-state index in [-0.39, 0.29) is 5.52 Å². The number of nitriles is 1. The van der Waals surface area contributed by atoms with Crippen molar-refractivity contribution in [3.05, 3.63) is 51.2 Å². The minimum atomic E-state index is -4.40. The lowest BCUT2D eigenvalue weighted by molar-refractivity contribution is -0.137. The third-order valence-electron chi connectivity index (χ3n) is 2.92. The van der Waals surface area contributed by atoms with Gasteiger partial charge in [0.25, 0.3) is 0 Å². The van der Waals surface area contributed by atoms with Gasteiger partial charge in [-0.25, -0.2) is 4.98 Å². The molecule has 0 unspecified atom stereocenters. The van der Waals surface area contributed by atoms with Gasteiger partial charge in [-0.05, 0) is 46.7 Å². The van der Waals surface area contributed by atoms with E-state index in [1.54, 1.807) is 6.08 Å². The first-order valence-corrected chi connectivity index (χ1v) is 7.85. The molecule has 0 fully saturated rings. The van der Waals surface area contributed by atoms with E-state index < -0.39 is 11.7 Å². The number of halogens is 3. The highest BCUT2D eigenvalue weighted by molar-refractivity contribution is 7.19. The van der Waals surface area contributed by atoms with Crippen LogP contribution in [-0.2, 0) is 6.18 Å². The first kappa shape index (κ1) is 14.8. The molecule has 0 atom stereocenters. The average Bonchev–Trinajstić information content (AvgIpc) is 3.11. The molecule has 3 aromatic rings. The molecule has 0 spiro atoms. The van der Waals surface area contributed by atoms with E-state index in [1.807, 2.05) is 16.8 Å². The molecule has 0 aliphatic heterocycles. The molecule has 2 heterocycles. The van der Waals surface area contributed by atoms with Crippen LogP contribution in [0.15, 0.2) is 35.0 Å². The maximum absolute atomic E-state index is 12.7. The van der Waals surface area contributed by atoms with Crippen LogP contribution in [0.1, 0.15) is 16.1 Å². The molecule has 0 saturated heterocycles. The fraction of sp³-hybridized carbons (Fsp3) is 0.0667. The van der Waals surface area contributed by atoms with Gasteiger partial charge in [0.2, 0.25) is 0 Å². The zero-order valence-electron chi connectivity index (χ0n) is 10.9. The van der Waals surface area contributed by atoms with Gasteiger partial charge in [0.1, 0.15) is 11.1 Å². The molecule has 3 rings (SSSR count). The van der Waals surface area contributed by atoms with Crippen molar-refractivity contribution in [3.8, 4) is 6.07 Å². The minimum Gasteiger partial charge on any atom is -0.235 e. The monoisotopic (exact) mass is 336 g/mol. The Balaban J connectivity index is 2.07. The number of fused-ring (bicyclic) bond motifs is 1. The number of thiazole rings is 1. The maximum atomic E-state index is 12.7. The second-order valence-electron chi connectivity index (χ2n) is 4.43. The van der Waals surface area contributed by atoms with Crippen molar-refractivity contribution < 1.29 is 13.2 Å². The average molecular weight is 336 g/mol. The first-order chi connectivity index (χ1) is 10.5. The van der Waals surface area contributed by atoms with E-state index in [1.165, 1.54) is 28.7 Å². The Labute approximate surface area is 131 Å². The molecule has 0 amide bonds. The van der Waals surface area contributed by atoms with Crippen molar-refractivity contribution in [2.45, 2.75) is 6.18 Å². The summed E-state index contributed by atoms with van der Waals surface area (Å²) >= 11 is 2.71. The summed E-state index contributed by atoms with van der Waals surface area (Å²) in [5.41, 5.74) is 0.725. The fourth-order valence-corrected chi connectivity index (χ4v) is 3.41. The molecular weight excluding hydrogens is 329 g/mol. The Kier molecular flexibility index (Phi) is 3.72. The Morgan fingerprint density at radius 1 is 1.27 bits per heavy atom. The van der Waals surface area contributed by atoms with Gasteiger partial charge in [0.15, 0.2) is 0 Å². The summed E-state index contributed by atoms with van der Waals surface area (Å²) in [6.45, 7) is 0. The molecule has 0 aliphatic carbocycles. The number of rotatable bonds is 2. The number of aromatic nitrogens is 1. The summed E-state index contributed by atoms with van der Waals surface area (Å²) < 4.78 is 38.8. The van der Waals surface area contributed by atoms with Crippen LogP contribution in [0.5, 0.6) is 0 Å². The van der Waals surface area contributed by atoms with Crippen LogP contribution in [0.3, 0.4) is 0 Å². The number of alkyl halides is 3. The molecule has 110 valence electrons. The Morgan fingerprint density at radius 3 is 2.73 bits per heavy atom. The highest BCUT2D eigenvalue weighted by Crippen LogP contribution is 2.34. The van der Waals surface area contributed by atoms with Crippen molar-refractivity contribution in [3.63, 3.8) is 0 Å². The van der Waals surface area contributed by atoms with Gasteiger partial charge in [-0.1, -0.05) is 0 Å². The van der Waals surface area contributed by atoms with E-state index in [0.29, 0.717) is 15.3 Å². The van der Waals surface area contributed by atoms with E-state index in [9.17, 15) is 18.4 Å². The molecule has 0 aliphatic rings. The van der Waals surface area contributed by atoms with Crippen LogP contribution in [0.4, 0.5) is 13.2 Å². The molecular formula is C15H7F3N2S2. The third kappa shape index (κ3) is 2.89. The number of hydrogen-bond donors (Lipinski definition) is 0. The maximum Gasteiger partial charge on any atom is 0.416 e. The van der Waals surface area contributed by atoms with Crippen LogP contribution in [0.2, 0.25) is 0 Å². The lowest BCUT2D eigenvalue weighted by Crippen LogP contribution is -2.03. The zero-order chi connectivity index (χ0) is 15.7. The summed E-state index contributed by atoms with van der Waals surface area (Å²) in [6.07, 6.45) is -2.72. The van der Waals surface area contributed by atoms with E-state index in [2.05, 4.69) is 11.1 Å². The van der Waals surface area contributed by atoms with Crippen molar-refractivity contribution in [2.24, 2.45) is 0 Å². The van der Waals surface area contributed by atoms with Crippen LogP contribution < -0.4 is 0 Å². The van der Waals surface area contributed by atoms with Gasteiger partial charge < -0.3 is 0 Å². The van der Waals surface area contributed by atoms with Crippen LogP contribution in [0.25, 0.3) is 21.9 Å². The standard InChI is InChI=1S/C15H7F3N2S2/c16-15(17,18)11-1-2-13-12(6-11)20-14(22-13)10(7-19)5-9-3-4-21-8-9/h1-6,8H. The lowest BCUT2D eigenvalue weighted by atomic mass is 10.2. The van der Waals surface area contributed by atoms with Crippen molar-refractivity contribution in [1.29, 1.82) is 5.26 Å². The van der Waals surface area contributed by atoms with Gasteiger partial charge >= 0.3 is 6.18 Å². The third-order valence-corrected chi connectivity index (χ3v) is 4.69. The topological polar surface area (TPSA) is 36.7 Å². The Hall–Kier alpha value is -2.17. The van der Waals surface area contributed by atoms with Crippen LogP contribution in [0, 0.1) is 11.3 Å². The molecule has 0 N–H and O–H groups in total. The Morgan fingerprint density at radius 2 is 2.09 bits per heavy atom. The smallest absolute Gasteiger partial charge is 0.235 e. The number of benzene rings is 1. The predicted octanol–water partition coefficient (Wildman–Crippen LogP) is 5.44. The quantitative estimate of drug-likeness (QED) is 0.584. The number of thiophene rings is 1. The van der Waals surface area contributed by atoms with E-state index in [4.69, 9.17) is 0 Å². The summed E-state index contributed by atoms with van der Waals surface area (Å²) in [4.78, 5) is 4.17. The normalized spacial score (nSPS) is 12.5. The molecule has 22 heavy (non-hydrogen) atoms. The van der Waals surface area contributed by atoms with Gasteiger partial charge in [0.05, 0.1) is 21.4 Å². The van der Waals surface area contributed by atoms with Gasteiger partial charge in [-0.15, -0.1) is 11.3 Å². The van der Waals surface area contributed by atoms with E-state index >= 15 is 0 Å². The fourth-order valence-electron chi connectivity index (χ4n) is 1.88. The lowest BCUT2D eigenvalue weighted by Gasteiger charge is -2.04. The molecule has 0 radical (unpaired) electrons. The minimum absolute atomic E-state index is 0.251. The zero-order valence-corrected chi connectivity index (χ0v) is 12.5. The van der Waals surface area contributed by atoms with Gasteiger partial charge in [-0.2, -0.15) is 29.8 Å². The summed E-state index contributed by atoms with van der Waals surface area (Å²) in [5, 5.41) is 13.4. The summed E-state index contributed by atoms with van der Waals surface area (Å²) in [5.74, 6) is 0. The van der Waals surface area contributed by atoms with Crippen LogP contribution >= 0.6 is 22.7 Å². The van der Waals surface area contributed by atoms with Crippen LogP contribution in [-0.4, -0.2) is 4.98 Å². The molecule has 2 aromatic heterocycles. The van der Waals surface area contributed by atoms with Crippen molar-refractivity contribution in [1.82, 2.24) is 4.98 Å². The molecule has 7 heteroatoms. The SMILES string of the molecule is N#CC(=Cc1ccsc1)c1nc2cc(C(F)(F)F)ccc2s1. The second kappa shape index (κ2) is 5.55. The highest BCUT2D eigenvalue weighted by Gasteiger charge is 2.30. The van der Waals surface area contributed by atoms with Crippen molar-refractivity contribution in [2.75, 3.05) is 0 Å². The second-order valence-corrected chi connectivity index (χ2v) is 6.24. The van der Waals surface area contributed by atoms with Gasteiger partial charge in [0, 0.05) is 0 Å². The van der Waals surface area contributed by atoms with E-state index in [0.717, 1.165) is 17.7 Å². The summed E-state index contributed by atoms with van der Waals surface area (Å²) in [7, 11) is 0. The number of allylic oxidation sites excluding steroid dienone is 1. The summed E-state index contributed by atoms with van der Waals surface area (Å²) in [6, 6.07) is 7.34. The molecule has 1 aromatic carbocycles. The first-order valence-electron chi connectivity index (χ1n) is 6.09. The molecule has 0 bridgehead atoms. The van der Waals surface area contributed by atoms with Crippen molar-refractivity contribution >= 4 is 44.5 Å². The Bertz CT molecular complexity index is 884. The number of nitrogens with zero attached hydrogens (tertiary/aromatic N) is 2. The van der Waals surface area contributed by atoms with Gasteiger partial charge in [-0.3, -0.25) is 0 Å². The molecule has 2 nitrogen and oxygen atoms in total. The molecule has 0 saturated carbocycles.